The van der Waals surface area contributed by atoms with E-state index in [4.69, 9.17) is 15.2 Å². The molecular formula is C30H43N6O5+. The van der Waals surface area contributed by atoms with Gasteiger partial charge in [0.25, 0.3) is 0 Å². The van der Waals surface area contributed by atoms with Gasteiger partial charge in [0.2, 0.25) is 0 Å². The molecule has 2 saturated heterocycles. The van der Waals surface area contributed by atoms with Crippen LogP contribution in [-0.4, -0.2) is 97.7 Å². The van der Waals surface area contributed by atoms with Crippen molar-refractivity contribution in [2.75, 3.05) is 39.1 Å². The maximum atomic E-state index is 12.7. The van der Waals surface area contributed by atoms with E-state index in [1.165, 1.54) is 18.2 Å². The van der Waals surface area contributed by atoms with Crippen molar-refractivity contribution < 1.29 is 29.0 Å². The molecule has 2 fully saturated rings. The lowest BCUT2D eigenvalue weighted by Gasteiger charge is -2.46. The number of likely N-dealkylation sites (N-methyl/N-ethyl adjacent to an activating group) is 1. The Morgan fingerprint density at radius 2 is 1.83 bits per heavy atom. The molecule has 11 heteroatoms. The first-order valence-corrected chi connectivity index (χ1v) is 14.4. The Kier molecular flexibility index (Phi) is 8.45. The van der Waals surface area contributed by atoms with Crippen LogP contribution in [0.5, 0.6) is 0 Å². The summed E-state index contributed by atoms with van der Waals surface area (Å²) in [5, 5.41) is 21.9. The number of hydrogen-bond donors (Lipinski definition) is 3. The third-order valence-corrected chi connectivity index (χ3v) is 8.69. The quantitative estimate of drug-likeness (QED) is 0.234. The molecule has 11 nitrogen and oxygen atoms in total. The van der Waals surface area contributed by atoms with Crippen molar-refractivity contribution in [3.05, 3.63) is 48.0 Å². The number of benzene rings is 1. The number of fused-ring (bicyclic) bond motifs is 1. The lowest BCUT2D eigenvalue weighted by Crippen LogP contribution is -2.64. The first-order valence-electron chi connectivity index (χ1n) is 14.4. The summed E-state index contributed by atoms with van der Waals surface area (Å²) >= 11 is 0. The van der Waals surface area contributed by atoms with Gasteiger partial charge in [-0.3, -0.25) is 9.36 Å². The highest BCUT2D eigenvalue weighted by Crippen LogP contribution is 2.34. The zero-order valence-electron chi connectivity index (χ0n) is 24.4. The molecular weight excluding hydrogens is 524 g/mol. The molecule has 0 bridgehead atoms. The Hall–Kier alpha value is -2.96. The molecule has 2 aliphatic heterocycles. The molecule has 0 spiro atoms. The average molecular weight is 568 g/mol. The van der Waals surface area contributed by atoms with Gasteiger partial charge in [0.15, 0.2) is 17.7 Å². The first-order chi connectivity index (χ1) is 19.5. The van der Waals surface area contributed by atoms with Crippen LogP contribution in [0.3, 0.4) is 0 Å². The lowest BCUT2D eigenvalue weighted by atomic mass is 9.86. The van der Waals surface area contributed by atoms with Crippen molar-refractivity contribution in [2.45, 2.75) is 82.5 Å². The van der Waals surface area contributed by atoms with Gasteiger partial charge in [-0.1, -0.05) is 45.0 Å². The number of carbonyl (C=O) groups is 1. The number of Topliss-reactive ketones (excluding diaryl/α,β-unsaturated/α-hetero) is 1. The summed E-state index contributed by atoms with van der Waals surface area (Å²) in [6.45, 7) is 9.13. The molecule has 1 unspecified atom stereocenters. The number of hydrogen-bond acceptors (Lipinski definition) is 9. The second kappa shape index (κ2) is 11.7. The minimum atomic E-state index is -1.16. The maximum absolute atomic E-state index is 12.7. The highest BCUT2D eigenvalue weighted by Gasteiger charge is 2.49. The number of aliphatic hydroxyl groups excluding tert-OH is 2. The van der Waals surface area contributed by atoms with Crippen LogP contribution >= 0.6 is 0 Å². The largest absolute Gasteiger partial charge is 0.387 e. The van der Waals surface area contributed by atoms with Crippen molar-refractivity contribution in [1.82, 2.24) is 19.5 Å². The molecule has 1 aromatic carbocycles. The van der Waals surface area contributed by atoms with Crippen LogP contribution in [0.1, 0.15) is 57.4 Å². The molecule has 5 atom stereocenters. The number of nitrogens with zero attached hydrogens (tertiary/aromatic N) is 5. The van der Waals surface area contributed by atoms with Gasteiger partial charge < -0.3 is 29.9 Å². The van der Waals surface area contributed by atoms with Gasteiger partial charge in [-0.05, 0) is 29.4 Å². The summed E-state index contributed by atoms with van der Waals surface area (Å²) in [7, 11) is 2.14. The van der Waals surface area contributed by atoms with Gasteiger partial charge in [0.05, 0.1) is 19.9 Å². The number of nitrogen functional groups attached to an aromatic ring is 1. The van der Waals surface area contributed by atoms with Gasteiger partial charge in [-0.2, -0.15) is 0 Å². The van der Waals surface area contributed by atoms with Crippen LogP contribution in [0.4, 0.5) is 5.82 Å². The number of aromatic nitrogens is 4. The van der Waals surface area contributed by atoms with Crippen molar-refractivity contribution >= 4 is 22.8 Å². The van der Waals surface area contributed by atoms with Crippen LogP contribution in [0.25, 0.3) is 11.2 Å². The predicted octanol–water partition coefficient (Wildman–Crippen LogP) is 2.15. The summed E-state index contributed by atoms with van der Waals surface area (Å²) in [6.07, 6.45) is 1.78. The van der Waals surface area contributed by atoms with Crippen LogP contribution in [0.2, 0.25) is 0 Å². The van der Waals surface area contributed by atoms with Crippen LogP contribution in [-0.2, 0) is 26.1 Å². The molecule has 0 amide bonds. The minimum Gasteiger partial charge on any atom is -0.387 e. The summed E-state index contributed by atoms with van der Waals surface area (Å²) in [5.41, 5.74) is 9.18. The zero-order chi connectivity index (χ0) is 29.4. The van der Waals surface area contributed by atoms with Crippen LogP contribution < -0.4 is 5.73 Å². The Labute approximate surface area is 240 Å². The summed E-state index contributed by atoms with van der Waals surface area (Å²) in [6, 6.07) is 8.62. The number of ether oxygens (including phenoxy) is 2. The SMILES string of the molecule is CC(C)(C)c1ccc(CC(=O)CCCC[N+](C)(C[C@H]2O[C@@H](n3cnc4c(N)ncnc43)[C@H](O)[C@@H]2O)C2COC2)cc1. The highest BCUT2D eigenvalue weighted by molar-refractivity contribution is 5.81. The Morgan fingerprint density at radius 3 is 2.49 bits per heavy atom. The Balaban J connectivity index is 1.17. The van der Waals surface area contributed by atoms with E-state index in [0.717, 1.165) is 24.9 Å². The van der Waals surface area contributed by atoms with E-state index < -0.39 is 24.5 Å². The molecule has 0 saturated carbocycles. The van der Waals surface area contributed by atoms with E-state index in [1.54, 1.807) is 4.57 Å². The summed E-state index contributed by atoms with van der Waals surface area (Å²) < 4.78 is 14.0. The van der Waals surface area contributed by atoms with E-state index in [9.17, 15) is 15.0 Å². The maximum Gasteiger partial charge on any atom is 0.167 e. The second-order valence-electron chi connectivity index (χ2n) is 12.8. The number of carbonyl (C=O) groups excluding carboxylic acids is 1. The number of quaternary nitrogens is 1. The molecule has 0 aliphatic carbocycles. The number of aliphatic hydroxyl groups is 2. The fraction of sp³-hybridized carbons (Fsp3) is 0.600. The second-order valence-corrected chi connectivity index (χ2v) is 12.8. The van der Waals surface area contributed by atoms with Crippen LogP contribution in [0, 0.1) is 0 Å². The topological polar surface area (TPSA) is 146 Å². The van der Waals surface area contributed by atoms with Gasteiger partial charge in [0, 0.05) is 12.8 Å². The summed E-state index contributed by atoms with van der Waals surface area (Å²) in [5.74, 6) is 0.483. The highest BCUT2D eigenvalue weighted by atomic mass is 16.6. The van der Waals surface area contributed by atoms with E-state index in [2.05, 4.69) is 67.0 Å². The minimum absolute atomic E-state index is 0.0921. The smallest absolute Gasteiger partial charge is 0.167 e. The van der Waals surface area contributed by atoms with Crippen molar-refractivity contribution in [1.29, 1.82) is 0 Å². The number of anilines is 1. The fourth-order valence-electron chi connectivity index (χ4n) is 5.82. The molecule has 222 valence electrons. The van der Waals surface area contributed by atoms with Crippen molar-refractivity contribution in [3.8, 4) is 0 Å². The van der Waals surface area contributed by atoms with Crippen molar-refractivity contribution in [2.24, 2.45) is 0 Å². The fourth-order valence-corrected chi connectivity index (χ4v) is 5.82. The molecule has 41 heavy (non-hydrogen) atoms. The zero-order valence-corrected chi connectivity index (χ0v) is 24.4. The number of ketones is 1. The molecule has 2 aromatic heterocycles. The van der Waals surface area contributed by atoms with Gasteiger partial charge >= 0.3 is 0 Å². The third-order valence-electron chi connectivity index (χ3n) is 8.69. The number of imidazole rings is 1. The molecule has 0 radical (unpaired) electrons. The Bertz CT molecular complexity index is 1350. The van der Waals surface area contributed by atoms with E-state index in [0.29, 0.717) is 48.2 Å². The van der Waals surface area contributed by atoms with Crippen LogP contribution in [0.15, 0.2) is 36.9 Å². The molecule has 4 N–H and O–H groups in total. The lowest BCUT2D eigenvalue weighted by molar-refractivity contribution is -0.945. The first kappa shape index (κ1) is 29.5. The molecule has 4 heterocycles. The standard InChI is InChI=1S/C30H43N6O5/c1-30(2,3)20-10-8-19(9-11-20)13-22(37)7-5-6-12-36(4,21-15-40-16-21)14-23-25(38)26(39)29(41-23)35-18-34-24-27(31)32-17-33-28(24)35/h8-11,17-18,21,23,25-26,29,38-39H,5-7,12-16H2,1-4H3,(H2,31,32,33)/q+1/t23-,25-,26-,29-,36?/m1/s1. The number of nitrogens with two attached hydrogens (primary N) is 1. The van der Waals surface area contributed by atoms with Crippen molar-refractivity contribution in [3.63, 3.8) is 0 Å². The number of unbranched alkanes of at least 4 members (excludes halogenated alkanes) is 1. The van der Waals surface area contributed by atoms with E-state index in [1.807, 2.05) is 0 Å². The van der Waals surface area contributed by atoms with Gasteiger partial charge in [-0.15, -0.1) is 0 Å². The molecule has 3 aromatic rings. The Morgan fingerprint density at radius 1 is 1.10 bits per heavy atom. The normalized spacial score (nSPS) is 24.8. The average Bonchev–Trinajstić information content (AvgIpc) is 3.43. The monoisotopic (exact) mass is 567 g/mol. The predicted molar refractivity (Wildman–Crippen MR) is 154 cm³/mol. The number of rotatable bonds is 11. The molecule has 2 aliphatic rings. The van der Waals surface area contributed by atoms with E-state index >= 15 is 0 Å². The van der Waals surface area contributed by atoms with Gasteiger partial charge in [-0.25, -0.2) is 15.0 Å². The summed E-state index contributed by atoms with van der Waals surface area (Å²) in [4.78, 5) is 25.2. The molecule has 5 rings (SSSR count). The third kappa shape index (κ3) is 6.29. The van der Waals surface area contributed by atoms with E-state index in [-0.39, 0.29) is 23.1 Å². The van der Waals surface area contributed by atoms with Gasteiger partial charge in [0.1, 0.15) is 61.7 Å².